The fourth-order valence-electron chi connectivity index (χ4n) is 4.57. The van der Waals surface area contributed by atoms with E-state index in [4.69, 9.17) is 4.74 Å². The van der Waals surface area contributed by atoms with Crippen LogP contribution >= 0.6 is 31.9 Å². The summed E-state index contributed by atoms with van der Waals surface area (Å²) in [5.41, 5.74) is 3.84. The number of carbonyl (C=O) groups is 2. The van der Waals surface area contributed by atoms with Gasteiger partial charge in [0.1, 0.15) is 5.60 Å². The predicted molar refractivity (Wildman–Crippen MR) is 148 cm³/mol. The fourth-order valence-corrected chi connectivity index (χ4v) is 5.96. The van der Waals surface area contributed by atoms with Crippen LogP contribution in [-0.4, -0.2) is 47.5 Å². The first kappa shape index (κ1) is 27.7. The molecule has 5 nitrogen and oxygen atoms in total. The van der Waals surface area contributed by atoms with Crippen molar-refractivity contribution in [3.05, 3.63) is 67.6 Å². The van der Waals surface area contributed by atoms with E-state index in [-0.39, 0.29) is 17.4 Å². The lowest BCUT2D eigenvalue weighted by Gasteiger charge is -2.43. The molecule has 1 aliphatic heterocycles. The molecule has 0 atom stereocenters. The van der Waals surface area contributed by atoms with Gasteiger partial charge >= 0.3 is 6.09 Å². The van der Waals surface area contributed by atoms with Crippen molar-refractivity contribution in [3.8, 4) is 0 Å². The minimum Gasteiger partial charge on any atom is -0.444 e. The summed E-state index contributed by atoms with van der Waals surface area (Å²) in [5, 5.41) is 0. The number of ether oxygens (including phenoxy) is 1. The number of halogens is 2. The second-order valence-corrected chi connectivity index (χ2v) is 12.6. The van der Waals surface area contributed by atoms with Crippen molar-refractivity contribution >= 4 is 43.9 Å². The van der Waals surface area contributed by atoms with Crippen LogP contribution in [-0.2, 0) is 21.5 Å². The molecule has 0 bridgehead atoms. The molecule has 1 saturated heterocycles. The van der Waals surface area contributed by atoms with Gasteiger partial charge in [-0.3, -0.25) is 4.79 Å². The monoisotopic (exact) mass is 606 g/mol. The number of carbonyl (C=O) groups excluding carboxylic acids is 2. The first-order valence-corrected chi connectivity index (χ1v) is 13.6. The average Bonchev–Trinajstić information content (AvgIpc) is 2.74. The molecule has 0 unspecified atom stereocenters. The number of likely N-dealkylation sites (tertiary alicyclic amines) is 1. The van der Waals surface area contributed by atoms with Crippen molar-refractivity contribution in [3.63, 3.8) is 0 Å². The Labute approximate surface area is 226 Å². The van der Waals surface area contributed by atoms with Crippen LogP contribution in [0.1, 0.15) is 62.3 Å². The molecule has 1 aliphatic rings. The minimum absolute atomic E-state index is 0.102. The van der Waals surface area contributed by atoms with Gasteiger partial charge in [-0.05, 0) is 87.9 Å². The molecule has 0 saturated carbocycles. The quantitative estimate of drug-likeness (QED) is 0.363. The van der Waals surface area contributed by atoms with E-state index in [2.05, 4.69) is 63.9 Å². The molecular weight excluding hydrogens is 572 g/mol. The number of rotatable bonds is 5. The Balaban J connectivity index is 1.81. The van der Waals surface area contributed by atoms with E-state index in [1.165, 1.54) is 16.7 Å². The normalized spacial score (nSPS) is 15.6. The van der Waals surface area contributed by atoms with E-state index in [9.17, 15) is 9.59 Å². The number of amides is 2. The van der Waals surface area contributed by atoms with E-state index in [0.29, 0.717) is 26.1 Å². The maximum Gasteiger partial charge on any atom is 0.410 e. The minimum atomic E-state index is -0.528. The van der Waals surface area contributed by atoms with Crippen LogP contribution in [0.4, 0.5) is 4.79 Å². The Bertz CT molecular complexity index is 1070. The Morgan fingerprint density at radius 1 is 1.00 bits per heavy atom. The summed E-state index contributed by atoms with van der Waals surface area (Å²) >= 11 is 7.06. The maximum atomic E-state index is 13.5. The highest BCUT2D eigenvalue weighted by molar-refractivity contribution is 9.11. The van der Waals surface area contributed by atoms with Gasteiger partial charge in [0.05, 0.1) is 0 Å². The second-order valence-electron chi connectivity index (χ2n) is 10.8. The molecule has 0 N–H and O–H groups in total. The second kappa shape index (κ2) is 11.0. The highest BCUT2D eigenvalue weighted by Gasteiger charge is 2.40. The standard InChI is InChI=1S/C28H36Br2N2O3/c1-19-7-8-22(13-20(19)2)28(9-11-32(12-10-28)26(34)35-27(3,4)5)17-25(33)31(6)18-21-14-23(29)16-24(30)15-21/h7-8,13-16H,9-12,17-18H2,1-6H3. The van der Waals surface area contributed by atoms with Crippen molar-refractivity contribution in [1.29, 1.82) is 0 Å². The van der Waals surface area contributed by atoms with Crippen LogP contribution in [0.25, 0.3) is 0 Å². The van der Waals surface area contributed by atoms with Gasteiger partial charge in [-0.15, -0.1) is 0 Å². The van der Waals surface area contributed by atoms with Gasteiger partial charge < -0.3 is 14.5 Å². The molecule has 1 fully saturated rings. The number of piperidine rings is 1. The van der Waals surface area contributed by atoms with Crippen molar-refractivity contribution in [1.82, 2.24) is 9.80 Å². The zero-order chi connectivity index (χ0) is 26.0. The zero-order valence-corrected chi connectivity index (χ0v) is 24.8. The maximum absolute atomic E-state index is 13.5. The lowest BCUT2D eigenvalue weighted by molar-refractivity contribution is -0.132. The number of aryl methyl sites for hydroxylation is 2. The van der Waals surface area contributed by atoms with E-state index in [0.717, 1.165) is 27.4 Å². The topological polar surface area (TPSA) is 49.9 Å². The molecule has 35 heavy (non-hydrogen) atoms. The Kier molecular flexibility index (Phi) is 8.74. The molecule has 190 valence electrons. The summed E-state index contributed by atoms with van der Waals surface area (Å²) in [6.45, 7) is 11.5. The first-order chi connectivity index (χ1) is 16.3. The Morgan fingerprint density at radius 2 is 1.60 bits per heavy atom. The van der Waals surface area contributed by atoms with Crippen LogP contribution in [0.2, 0.25) is 0 Å². The smallest absolute Gasteiger partial charge is 0.410 e. The molecular formula is C28H36Br2N2O3. The number of hydrogen-bond acceptors (Lipinski definition) is 3. The summed E-state index contributed by atoms with van der Waals surface area (Å²) in [6.07, 6.45) is 1.56. The molecule has 3 rings (SSSR count). The lowest BCUT2D eigenvalue weighted by Crippen LogP contribution is -2.48. The molecule has 0 radical (unpaired) electrons. The SMILES string of the molecule is Cc1ccc(C2(CC(=O)N(C)Cc3cc(Br)cc(Br)c3)CCN(C(=O)OC(C)(C)C)CC2)cc1C. The molecule has 1 heterocycles. The van der Waals surface area contributed by atoms with Crippen LogP contribution in [0.15, 0.2) is 45.3 Å². The first-order valence-electron chi connectivity index (χ1n) is 12.0. The molecule has 0 aliphatic carbocycles. The fraction of sp³-hybridized carbons (Fsp3) is 0.500. The number of nitrogens with zero attached hydrogens (tertiary/aromatic N) is 2. The molecule has 2 aromatic carbocycles. The number of hydrogen-bond donors (Lipinski definition) is 0. The van der Waals surface area contributed by atoms with Crippen LogP contribution in [0.3, 0.4) is 0 Å². The third-order valence-corrected chi connectivity index (χ3v) is 7.66. The summed E-state index contributed by atoms with van der Waals surface area (Å²) in [7, 11) is 1.86. The van der Waals surface area contributed by atoms with Gasteiger partial charge in [0.15, 0.2) is 0 Å². The van der Waals surface area contributed by atoms with E-state index >= 15 is 0 Å². The van der Waals surface area contributed by atoms with Gasteiger partial charge in [-0.1, -0.05) is 50.1 Å². The zero-order valence-electron chi connectivity index (χ0n) is 21.6. The summed E-state index contributed by atoms with van der Waals surface area (Å²) in [5.74, 6) is 0.102. The molecule has 2 aromatic rings. The largest absolute Gasteiger partial charge is 0.444 e. The summed E-state index contributed by atoms with van der Waals surface area (Å²) in [4.78, 5) is 29.8. The highest BCUT2D eigenvalue weighted by atomic mass is 79.9. The highest BCUT2D eigenvalue weighted by Crippen LogP contribution is 2.40. The van der Waals surface area contributed by atoms with Gasteiger partial charge in [0.25, 0.3) is 0 Å². The van der Waals surface area contributed by atoms with Crippen LogP contribution in [0, 0.1) is 13.8 Å². The van der Waals surface area contributed by atoms with Crippen LogP contribution < -0.4 is 0 Å². The van der Waals surface area contributed by atoms with Gasteiger partial charge in [0, 0.05) is 47.5 Å². The molecule has 0 aromatic heterocycles. The summed E-state index contributed by atoms with van der Waals surface area (Å²) in [6, 6.07) is 12.6. The molecule has 2 amide bonds. The van der Waals surface area contributed by atoms with E-state index < -0.39 is 5.60 Å². The van der Waals surface area contributed by atoms with Gasteiger partial charge in [0.2, 0.25) is 5.91 Å². The van der Waals surface area contributed by atoms with Crippen molar-refractivity contribution in [2.75, 3.05) is 20.1 Å². The average molecular weight is 608 g/mol. The molecule has 0 spiro atoms. The van der Waals surface area contributed by atoms with Gasteiger partial charge in [-0.25, -0.2) is 4.79 Å². The summed E-state index contributed by atoms with van der Waals surface area (Å²) < 4.78 is 7.55. The third kappa shape index (κ3) is 7.32. The van der Waals surface area contributed by atoms with Gasteiger partial charge in [-0.2, -0.15) is 0 Å². The Hall–Kier alpha value is -1.86. The lowest BCUT2D eigenvalue weighted by atomic mass is 9.69. The number of benzene rings is 2. The predicted octanol–water partition coefficient (Wildman–Crippen LogP) is 7.15. The van der Waals surface area contributed by atoms with E-state index in [1.807, 2.05) is 46.0 Å². The molecule has 7 heteroatoms. The van der Waals surface area contributed by atoms with Crippen molar-refractivity contribution in [2.24, 2.45) is 0 Å². The van der Waals surface area contributed by atoms with E-state index in [1.54, 1.807) is 9.80 Å². The van der Waals surface area contributed by atoms with Crippen LogP contribution in [0.5, 0.6) is 0 Å². The van der Waals surface area contributed by atoms with Crippen molar-refractivity contribution in [2.45, 2.75) is 71.4 Å². The Morgan fingerprint density at radius 3 is 2.14 bits per heavy atom. The van der Waals surface area contributed by atoms with Crippen molar-refractivity contribution < 1.29 is 14.3 Å². The third-order valence-electron chi connectivity index (χ3n) is 6.75.